The van der Waals surface area contributed by atoms with Crippen LogP contribution in [0.2, 0.25) is 0 Å². The van der Waals surface area contributed by atoms with Gasteiger partial charge in [0.1, 0.15) is 12.3 Å². The molecule has 9 heteroatoms. The molecule has 0 saturated heterocycles. The smallest absolute Gasteiger partial charge is 0.264 e. The lowest BCUT2D eigenvalue weighted by Crippen LogP contribution is -2.39. The topological polar surface area (TPSA) is 88.1 Å². The maximum atomic E-state index is 13.4. The Hall–Kier alpha value is -3.30. The van der Waals surface area contributed by atoms with Gasteiger partial charge in [0.15, 0.2) is 0 Å². The van der Waals surface area contributed by atoms with E-state index < -0.39 is 22.5 Å². The minimum absolute atomic E-state index is 0.109. The van der Waals surface area contributed by atoms with Crippen molar-refractivity contribution in [2.75, 3.05) is 23.7 Å². The van der Waals surface area contributed by atoms with Gasteiger partial charge < -0.3 is 4.74 Å². The summed E-state index contributed by atoms with van der Waals surface area (Å²) in [5, 5.41) is 3.98. The Kier molecular flexibility index (Phi) is 9.33. The van der Waals surface area contributed by atoms with E-state index in [0.717, 1.165) is 32.5 Å². The number of sulfonamides is 1. The van der Waals surface area contributed by atoms with E-state index in [-0.39, 0.29) is 4.90 Å². The highest BCUT2D eigenvalue weighted by molar-refractivity contribution is 7.98. The van der Waals surface area contributed by atoms with Crippen molar-refractivity contribution in [1.29, 1.82) is 0 Å². The molecule has 35 heavy (non-hydrogen) atoms. The molecule has 0 radical (unpaired) electrons. The van der Waals surface area contributed by atoms with Crippen molar-refractivity contribution in [3.05, 3.63) is 83.9 Å². The monoisotopic (exact) mass is 511 g/mol. The van der Waals surface area contributed by atoms with Gasteiger partial charge in [-0.15, -0.1) is 11.8 Å². The minimum Gasteiger partial charge on any atom is -0.494 e. The van der Waals surface area contributed by atoms with Crippen LogP contribution in [0.5, 0.6) is 5.75 Å². The van der Waals surface area contributed by atoms with Gasteiger partial charge in [-0.1, -0.05) is 24.6 Å². The summed E-state index contributed by atoms with van der Waals surface area (Å²) in [5.74, 6) is 0.201. The van der Waals surface area contributed by atoms with Crippen LogP contribution in [-0.4, -0.2) is 39.9 Å². The third-order valence-electron chi connectivity index (χ3n) is 5.01. The molecule has 184 valence electrons. The summed E-state index contributed by atoms with van der Waals surface area (Å²) in [6.45, 7) is 4.17. The summed E-state index contributed by atoms with van der Waals surface area (Å²) in [4.78, 5) is 13.7. The number of benzene rings is 3. The lowest BCUT2D eigenvalue weighted by atomic mass is 10.2. The number of hydrogen-bond donors (Lipinski definition) is 1. The van der Waals surface area contributed by atoms with Gasteiger partial charge in [0.25, 0.3) is 15.9 Å². The molecule has 1 amide bonds. The zero-order chi connectivity index (χ0) is 25.3. The molecular formula is C26H29N3O4S2. The predicted molar refractivity (Wildman–Crippen MR) is 142 cm³/mol. The average Bonchev–Trinajstić information content (AvgIpc) is 2.87. The molecule has 0 fully saturated rings. The molecule has 7 nitrogen and oxygen atoms in total. The van der Waals surface area contributed by atoms with E-state index in [1.54, 1.807) is 48.5 Å². The van der Waals surface area contributed by atoms with Gasteiger partial charge in [0, 0.05) is 4.90 Å². The number of rotatable bonds is 11. The van der Waals surface area contributed by atoms with Gasteiger partial charge in [0.05, 0.1) is 23.4 Å². The molecule has 0 aliphatic rings. The lowest BCUT2D eigenvalue weighted by molar-refractivity contribution is -0.119. The number of carbonyl (C=O) groups is 1. The second-order valence-corrected chi connectivity index (χ2v) is 10.5. The molecule has 3 aromatic rings. The summed E-state index contributed by atoms with van der Waals surface area (Å²) in [5.41, 5.74) is 4.57. The molecule has 0 atom stereocenters. The highest BCUT2D eigenvalue weighted by Gasteiger charge is 2.27. The van der Waals surface area contributed by atoms with Gasteiger partial charge in [-0.3, -0.25) is 9.10 Å². The fraction of sp³-hybridized carbons (Fsp3) is 0.231. The maximum Gasteiger partial charge on any atom is 0.264 e. The van der Waals surface area contributed by atoms with Crippen molar-refractivity contribution in [3.8, 4) is 5.75 Å². The van der Waals surface area contributed by atoms with Crippen molar-refractivity contribution in [2.24, 2.45) is 5.10 Å². The number of hydrazone groups is 1. The van der Waals surface area contributed by atoms with Crippen LogP contribution in [0.1, 0.15) is 24.5 Å². The number of aryl methyl sites for hydroxylation is 1. The Morgan fingerprint density at radius 1 is 1.03 bits per heavy atom. The SMILES string of the molecule is CCCOc1ccc(/C=N\NC(=O)CN(c2ccc(C)cc2)S(=O)(=O)c2ccc(SC)cc2)cc1. The molecule has 0 aliphatic carbocycles. The van der Waals surface area contributed by atoms with Gasteiger partial charge in [-0.2, -0.15) is 5.10 Å². The van der Waals surface area contributed by atoms with E-state index >= 15 is 0 Å². The summed E-state index contributed by atoms with van der Waals surface area (Å²) >= 11 is 1.52. The van der Waals surface area contributed by atoms with Crippen LogP contribution in [0.25, 0.3) is 0 Å². The molecule has 0 heterocycles. The Morgan fingerprint density at radius 2 is 1.69 bits per heavy atom. The van der Waals surface area contributed by atoms with Crippen LogP contribution >= 0.6 is 11.8 Å². The van der Waals surface area contributed by atoms with Gasteiger partial charge in [-0.25, -0.2) is 13.8 Å². The largest absolute Gasteiger partial charge is 0.494 e. The fourth-order valence-electron chi connectivity index (χ4n) is 3.12. The van der Waals surface area contributed by atoms with E-state index in [9.17, 15) is 13.2 Å². The van der Waals surface area contributed by atoms with Crippen molar-refractivity contribution < 1.29 is 17.9 Å². The molecule has 0 spiro atoms. The molecule has 0 aliphatic heterocycles. The van der Waals surface area contributed by atoms with Gasteiger partial charge in [-0.05, 0) is 85.8 Å². The first-order valence-corrected chi connectivity index (χ1v) is 13.8. The number of nitrogens with one attached hydrogen (secondary N) is 1. The molecule has 0 saturated carbocycles. The zero-order valence-corrected chi connectivity index (χ0v) is 21.6. The Labute approximate surface area is 211 Å². The first-order chi connectivity index (χ1) is 16.8. The van der Waals surface area contributed by atoms with Crippen LogP contribution < -0.4 is 14.5 Å². The normalized spacial score (nSPS) is 11.4. The molecule has 3 aromatic carbocycles. The van der Waals surface area contributed by atoms with Gasteiger partial charge in [0.2, 0.25) is 0 Å². The standard InChI is InChI=1S/C26H29N3O4S2/c1-4-17-33-23-11-7-21(8-12-23)18-27-28-26(30)19-29(22-9-5-20(2)6-10-22)35(31,32)25-15-13-24(34-3)14-16-25/h5-16,18H,4,17,19H2,1-3H3,(H,28,30)/b27-18-. The summed E-state index contributed by atoms with van der Waals surface area (Å²) in [6.07, 6.45) is 4.34. The number of thioether (sulfide) groups is 1. The molecule has 0 unspecified atom stereocenters. The number of hydrogen-bond acceptors (Lipinski definition) is 6. The van der Waals surface area contributed by atoms with Crippen molar-refractivity contribution in [1.82, 2.24) is 5.43 Å². The highest BCUT2D eigenvalue weighted by atomic mass is 32.2. The molecule has 3 rings (SSSR count). The van der Waals surface area contributed by atoms with Crippen LogP contribution in [0.15, 0.2) is 87.7 Å². The van der Waals surface area contributed by atoms with Crippen molar-refractivity contribution >= 4 is 39.6 Å². The highest BCUT2D eigenvalue weighted by Crippen LogP contribution is 2.25. The Balaban J connectivity index is 1.75. The van der Waals surface area contributed by atoms with E-state index in [1.165, 1.54) is 18.0 Å². The molecule has 1 N–H and O–H groups in total. The first kappa shape index (κ1) is 26.3. The van der Waals surface area contributed by atoms with E-state index in [2.05, 4.69) is 10.5 Å². The van der Waals surface area contributed by atoms with E-state index in [1.807, 2.05) is 44.4 Å². The maximum absolute atomic E-state index is 13.4. The number of amides is 1. The zero-order valence-electron chi connectivity index (χ0n) is 20.0. The van der Waals surface area contributed by atoms with Crippen LogP contribution in [0, 0.1) is 6.92 Å². The summed E-state index contributed by atoms with van der Waals surface area (Å²) in [7, 11) is -3.98. The predicted octanol–water partition coefficient (Wildman–Crippen LogP) is 4.85. The summed E-state index contributed by atoms with van der Waals surface area (Å²) < 4.78 is 33.5. The quantitative estimate of drug-likeness (QED) is 0.226. The number of nitrogens with zero attached hydrogens (tertiary/aromatic N) is 2. The summed E-state index contributed by atoms with van der Waals surface area (Å²) in [6, 6.07) is 20.9. The van der Waals surface area contributed by atoms with Crippen LogP contribution in [0.4, 0.5) is 5.69 Å². The fourth-order valence-corrected chi connectivity index (χ4v) is 4.94. The number of carbonyl (C=O) groups excluding carboxylic acids is 1. The van der Waals surface area contributed by atoms with Crippen molar-refractivity contribution in [2.45, 2.75) is 30.1 Å². The number of anilines is 1. The van der Waals surface area contributed by atoms with Gasteiger partial charge >= 0.3 is 0 Å². The van der Waals surface area contributed by atoms with E-state index in [0.29, 0.717) is 12.3 Å². The Morgan fingerprint density at radius 3 is 2.29 bits per heavy atom. The van der Waals surface area contributed by atoms with Crippen LogP contribution in [-0.2, 0) is 14.8 Å². The average molecular weight is 512 g/mol. The minimum atomic E-state index is -3.98. The van der Waals surface area contributed by atoms with Crippen LogP contribution in [0.3, 0.4) is 0 Å². The van der Waals surface area contributed by atoms with E-state index in [4.69, 9.17) is 4.74 Å². The molecule has 0 aromatic heterocycles. The third kappa shape index (κ3) is 7.34. The second kappa shape index (κ2) is 12.4. The molecule has 0 bridgehead atoms. The Bertz CT molecular complexity index is 1240. The third-order valence-corrected chi connectivity index (χ3v) is 7.54. The van der Waals surface area contributed by atoms with Crippen molar-refractivity contribution in [3.63, 3.8) is 0 Å². The number of ether oxygens (including phenoxy) is 1. The lowest BCUT2D eigenvalue weighted by Gasteiger charge is -2.24. The first-order valence-electron chi connectivity index (χ1n) is 11.1. The molecular weight excluding hydrogens is 482 g/mol. The second-order valence-electron chi connectivity index (χ2n) is 7.73.